The zero-order valence-corrected chi connectivity index (χ0v) is 16.7. The number of hydrogen-bond acceptors (Lipinski definition) is 5. The van der Waals surface area contributed by atoms with E-state index < -0.39 is 11.8 Å². The van der Waals surface area contributed by atoms with E-state index in [1.54, 1.807) is 6.26 Å². The van der Waals surface area contributed by atoms with Crippen LogP contribution in [-0.2, 0) is 20.7 Å². The first-order valence-corrected chi connectivity index (χ1v) is 10.2. The fraction of sp³-hybridized carbons (Fsp3) is 0.364. The number of rotatable bonds is 7. The SMILES string of the molecule is O=C(NCCc1c[nH]c2ccccc12)C(=O)NC[C@@H](c1ccco1)N1CCOCC1. The second-order valence-corrected chi connectivity index (χ2v) is 7.25. The summed E-state index contributed by atoms with van der Waals surface area (Å²) in [6, 6.07) is 11.6. The number of carbonyl (C=O) groups is 2. The van der Waals surface area contributed by atoms with Gasteiger partial charge in [-0.3, -0.25) is 14.5 Å². The van der Waals surface area contributed by atoms with Gasteiger partial charge in [0.15, 0.2) is 0 Å². The van der Waals surface area contributed by atoms with Crippen LogP contribution in [0.1, 0.15) is 17.4 Å². The van der Waals surface area contributed by atoms with Crippen LogP contribution >= 0.6 is 0 Å². The van der Waals surface area contributed by atoms with Crippen molar-refractivity contribution in [1.29, 1.82) is 0 Å². The van der Waals surface area contributed by atoms with E-state index in [2.05, 4.69) is 20.5 Å². The molecule has 0 bridgehead atoms. The first-order chi connectivity index (χ1) is 14.7. The smallest absolute Gasteiger partial charge is 0.309 e. The summed E-state index contributed by atoms with van der Waals surface area (Å²) >= 11 is 0. The number of fused-ring (bicyclic) bond motifs is 1. The number of hydrogen-bond donors (Lipinski definition) is 3. The molecule has 8 nitrogen and oxygen atoms in total. The highest BCUT2D eigenvalue weighted by molar-refractivity contribution is 6.35. The predicted octanol–water partition coefficient (Wildman–Crippen LogP) is 1.61. The van der Waals surface area contributed by atoms with Gasteiger partial charge in [-0.1, -0.05) is 18.2 Å². The lowest BCUT2D eigenvalue weighted by Crippen LogP contribution is -2.46. The lowest BCUT2D eigenvalue weighted by Gasteiger charge is -2.33. The van der Waals surface area contributed by atoms with E-state index in [0.29, 0.717) is 32.7 Å². The van der Waals surface area contributed by atoms with Crippen LogP contribution in [0.4, 0.5) is 0 Å². The predicted molar refractivity (Wildman–Crippen MR) is 112 cm³/mol. The molecule has 3 heterocycles. The number of para-hydroxylation sites is 1. The van der Waals surface area contributed by atoms with Crippen LogP contribution in [0.25, 0.3) is 10.9 Å². The molecule has 2 aromatic heterocycles. The Hall–Kier alpha value is -3.10. The Kier molecular flexibility index (Phi) is 6.46. The monoisotopic (exact) mass is 410 g/mol. The molecule has 30 heavy (non-hydrogen) atoms. The molecule has 3 N–H and O–H groups in total. The first kappa shape index (κ1) is 20.2. The van der Waals surface area contributed by atoms with E-state index in [4.69, 9.17) is 9.15 Å². The van der Waals surface area contributed by atoms with Crippen molar-refractivity contribution in [2.24, 2.45) is 0 Å². The van der Waals surface area contributed by atoms with Crippen LogP contribution in [0.3, 0.4) is 0 Å². The number of benzene rings is 1. The Morgan fingerprint density at radius 3 is 2.67 bits per heavy atom. The van der Waals surface area contributed by atoms with Gasteiger partial charge in [0.25, 0.3) is 0 Å². The highest BCUT2D eigenvalue weighted by Gasteiger charge is 2.26. The number of amides is 2. The van der Waals surface area contributed by atoms with E-state index in [9.17, 15) is 9.59 Å². The third-order valence-electron chi connectivity index (χ3n) is 5.38. The number of furan rings is 1. The topological polar surface area (TPSA) is 99.6 Å². The molecule has 1 aromatic carbocycles. The molecule has 8 heteroatoms. The molecule has 1 aliphatic heterocycles. The fourth-order valence-electron chi connectivity index (χ4n) is 3.78. The summed E-state index contributed by atoms with van der Waals surface area (Å²) in [6.45, 7) is 3.45. The minimum atomic E-state index is -0.640. The summed E-state index contributed by atoms with van der Waals surface area (Å²) in [5, 5.41) is 6.57. The van der Waals surface area contributed by atoms with Gasteiger partial charge in [-0.2, -0.15) is 0 Å². The normalized spacial score (nSPS) is 15.7. The van der Waals surface area contributed by atoms with Crippen LogP contribution in [0.5, 0.6) is 0 Å². The van der Waals surface area contributed by atoms with Gasteiger partial charge in [-0.25, -0.2) is 0 Å². The van der Waals surface area contributed by atoms with Crippen molar-refractivity contribution in [2.45, 2.75) is 12.5 Å². The van der Waals surface area contributed by atoms with Gasteiger partial charge in [-0.05, 0) is 30.2 Å². The Balaban J connectivity index is 1.27. The Morgan fingerprint density at radius 2 is 1.87 bits per heavy atom. The third kappa shape index (κ3) is 4.72. The highest BCUT2D eigenvalue weighted by Crippen LogP contribution is 2.21. The number of nitrogens with one attached hydrogen (secondary N) is 3. The molecule has 0 saturated carbocycles. The Morgan fingerprint density at radius 1 is 1.07 bits per heavy atom. The molecule has 4 rings (SSSR count). The first-order valence-electron chi connectivity index (χ1n) is 10.2. The van der Waals surface area contributed by atoms with Crippen molar-refractivity contribution in [2.75, 3.05) is 39.4 Å². The number of morpholine rings is 1. The van der Waals surface area contributed by atoms with Crippen LogP contribution < -0.4 is 10.6 Å². The molecular formula is C22H26N4O4. The summed E-state index contributed by atoms with van der Waals surface area (Å²) in [5.41, 5.74) is 2.17. The van der Waals surface area contributed by atoms with Crippen LogP contribution in [0.15, 0.2) is 53.3 Å². The molecule has 1 atom stereocenters. The largest absolute Gasteiger partial charge is 0.468 e. The molecule has 158 valence electrons. The van der Waals surface area contributed by atoms with E-state index in [1.165, 1.54) is 0 Å². The molecule has 0 unspecified atom stereocenters. The Labute approximate surface area is 174 Å². The second-order valence-electron chi connectivity index (χ2n) is 7.25. The summed E-state index contributed by atoms with van der Waals surface area (Å²) in [6.07, 6.45) is 4.20. The van der Waals surface area contributed by atoms with Crippen molar-refractivity contribution in [3.05, 3.63) is 60.2 Å². The maximum absolute atomic E-state index is 12.3. The van der Waals surface area contributed by atoms with Gasteiger partial charge < -0.3 is 24.8 Å². The highest BCUT2D eigenvalue weighted by atomic mass is 16.5. The van der Waals surface area contributed by atoms with Gasteiger partial charge in [0, 0.05) is 43.3 Å². The lowest BCUT2D eigenvalue weighted by molar-refractivity contribution is -0.139. The third-order valence-corrected chi connectivity index (χ3v) is 5.38. The summed E-state index contributed by atoms with van der Waals surface area (Å²) < 4.78 is 11.0. The number of nitrogens with zero attached hydrogens (tertiary/aromatic N) is 1. The van der Waals surface area contributed by atoms with E-state index >= 15 is 0 Å². The average Bonchev–Trinajstić information content (AvgIpc) is 3.45. The molecule has 0 radical (unpaired) electrons. The van der Waals surface area contributed by atoms with Gasteiger partial charge in [0.1, 0.15) is 5.76 Å². The average molecular weight is 410 g/mol. The van der Waals surface area contributed by atoms with Crippen molar-refractivity contribution in [1.82, 2.24) is 20.5 Å². The number of aromatic nitrogens is 1. The van der Waals surface area contributed by atoms with Crippen molar-refractivity contribution < 1.29 is 18.7 Å². The zero-order valence-electron chi connectivity index (χ0n) is 16.7. The molecule has 1 fully saturated rings. The maximum atomic E-state index is 12.3. The van der Waals surface area contributed by atoms with Gasteiger partial charge in [-0.15, -0.1) is 0 Å². The quantitative estimate of drug-likeness (QED) is 0.514. The molecule has 1 aliphatic rings. The van der Waals surface area contributed by atoms with Crippen LogP contribution in [-0.4, -0.2) is 61.1 Å². The van der Waals surface area contributed by atoms with Gasteiger partial charge in [0.05, 0.1) is 25.5 Å². The minimum absolute atomic E-state index is 0.133. The van der Waals surface area contributed by atoms with Gasteiger partial charge in [0.2, 0.25) is 0 Å². The standard InChI is InChI=1S/C22H26N4O4/c27-21(23-8-7-16-14-24-18-5-2-1-4-17(16)18)22(28)25-15-19(20-6-3-11-30-20)26-9-12-29-13-10-26/h1-6,11,14,19,24H,7-10,12-13,15H2,(H,23,27)(H,25,28)/t19-/m0/s1. The minimum Gasteiger partial charge on any atom is -0.468 e. The molecule has 3 aromatic rings. The molecule has 0 aliphatic carbocycles. The lowest BCUT2D eigenvalue weighted by atomic mass is 10.1. The summed E-state index contributed by atoms with van der Waals surface area (Å²) in [5.74, 6) is -0.509. The molecule has 2 amide bonds. The van der Waals surface area contributed by atoms with E-state index in [-0.39, 0.29) is 6.04 Å². The van der Waals surface area contributed by atoms with Crippen molar-refractivity contribution in [3.63, 3.8) is 0 Å². The van der Waals surface area contributed by atoms with Crippen molar-refractivity contribution in [3.8, 4) is 0 Å². The number of H-pyrrole nitrogens is 1. The van der Waals surface area contributed by atoms with E-state index in [1.807, 2.05) is 42.6 Å². The Bertz CT molecular complexity index is 976. The summed E-state index contributed by atoms with van der Waals surface area (Å²) in [7, 11) is 0. The van der Waals surface area contributed by atoms with Crippen LogP contribution in [0, 0.1) is 0 Å². The van der Waals surface area contributed by atoms with Crippen molar-refractivity contribution >= 4 is 22.7 Å². The van der Waals surface area contributed by atoms with Crippen LogP contribution in [0.2, 0.25) is 0 Å². The number of ether oxygens (including phenoxy) is 1. The fourth-order valence-corrected chi connectivity index (χ4v) is 3.78. The number of carbonyl (C=O) groups excluding carboxylic acids is 2. The van der Waals surface area contributed by atoms with Gasteiger partial charge >= 0.3 is 11.8 Å². The van der Waals surface area contributed by atoms with E-state index in [0.717, 1.165) is 35.3 Å². The number of aromatic amines is 1. The molecule has 1 saturated heterocycles. The second kappa shape index (κ2) is 9.60. The summed E-state index contributed by atoms with van der Waals surface area (Å²) in [4.78, 5) is 29.9. The zero-order chi connectivity index (χ0) is 20.8. The molecular weight excluding hydrogens is 384 g/mol. The molecule has 0 spiro atoms. The maximum Gasteiger partial charge on any atom is 0.309 e.